The molecular weight excluding hydrogens is 262 g/mol. The van der Waals surface area contributed by atoms with Gasteiger partial charge < -0.3 is 14.7 Å². The SMILES string of the molecule is COCCN(CCC#N)c1ccc(CO)cc1[N+](=O)[O-]. The minimum atomic E-state index is -0.485. The van der Waals surface area contributed by atoms with E-state index in [0.717, 1.165) is 0 Å². The quantitative estimate of drug-likeness (QED) is 0.571. The molecule has 20 heavy (non-hydrogen) atoms. The Kier molecular flexibility index (Phi) is 6.43. The van der Waals surface area contributed by atoms with Gasteiger partial charge in [0.05, 0.1) is 30.6 Å². The molecule has 0 atom stereocenters. The molecule has 0 radical (unpaired) electrons. The van der Waals surface area contributed by atoms with E-state index in [0.29, 0.717) is 30.9 Å². The highest BCUT2D eigenvalue weighted by atomic mass is 16.6. The van der Waals surface area contributed by atoms with Crippen LogP contribution in [0.2, 0.25) is 0 Å². The van der Waals surface area contributed by atoms with Gasteiger partial charge in [-0.2, -0.15) is 5.26 Å². The summed E-state index contributed by atoms with van der Waals surface area (Å²) in [7, 11) is 1.55. The number of nitrogens with zero attached hydrogens (tertiary/aromatic N) is 3. The van der Waals surface area contributed by atoms with Crippen molar-refractivity contribution in [1.82, 2.24) is 0 Å². The number of hydrogen-bond acceptors (Lipinski definition) is 6. The summed E-state index contributed by atoms with van der Waals surface area (Å²) >= 11 is 0. The van der Waals surface area contributed by atoms with Gasteiger partial charge in [0.1, 0.15) is 5.69 Å². The van der Waals surface area contributed by atoms with Crippen molar-refractivity contribution in [2.45, 2.75) is 13.0 Å². The number of rotatable bonds is 8. The van der Waals surface area contributed by atoms with Crippen LogP contribution < -0.4 is 4.90 Å². The molecule has 0 saturated heterocycles. The highest BCUT2D eigenvalue weighted by Gasteiger charge is 2.19. The predicted octanol–water partition coefficient (Wildman–Crippen LogP) is 1.45. The van der Waals surface area contributed by atoms with E-state index in [1.54, 1.807) is 24.1 Å². The summed E-state index contributed by atoms with van der Waals surface area (Å²) in [5.74, 6) is 0. The molecule has 0 amide bonds. The third kappa shape index (κ3) is 4.19. The van der Waals surface area contributed by atoms with Crippen LogP contribution in [0.5, 0.6) is 0 Å². The Morgan fingerprint density at radius 3 is 2.80 bits per heavy atom. The van der Waals surface area contributed by atoms with Gasteiger partial charge in [-0.25, -0.2) is 0 Å². The molecule has 0 aliphatic heterocycles. The number of anilines is 1. The van der Waals surface area contributed by atoms with Gasteiger partial charge in [0.2, 0.25) is 0 Å². The molecule has 0 spiro atoms. The van der Waals surface area contributed by atoms with Gasteiger partial charge in [0.25, 0.3) is 5.69 Å². The molecule has 0 bridgehead atoms. The molecular formula is C13H17N3O4. The van der Waals surface area contributed by atoms with E-state index in [4.69, 9.17) is 15.1 Å². The van der Waals surface area contributed by atoms with Gasteiger partial charge in [0.15, 0.2) is 0 Å². The Balaban J connectivity index is 3.10. The first-order valence-electron chi connectivity index (χ1n) is 6.13. The summed E-state index contributed by atoms with van der Waals surface area (Å²) in [5.41, 5.74) is 0.831. The van der Waals surface area contributed by atoms with Crippen LogP contribution in [-0.2, 0) is 11.3 Å². The van der Waals surface area contributed by atoms with Crippen molar-refractivity contribution >= 4 is 11.4 Å². The first-order valence-corrected chi connectivity index (χ1v) is 6.13. The number of methoxy groups -OCH3 is 1. The smallest absolute Gasteiger partial charge is 0.292 e. The monoisotopic (exact) mass is 279 g/mol. The molecule has 0 fully saturated rings. The fraction of sp³-hybridized carbons (Fsp3) is 0.462. The minimum Gasteiger partial charge on any atom is -0.392 e. The topological polar surface area (TPSA) is 99.6 Å². The number of nitriles is 1. The number of nitro groups is 1. The van der Waals surface area contributed by atoms with Crippen molar-refractivity contribution in [3.05, 3.63) is 33.9 Å². The van der Waals surface area contributed by atoms with Gasteiger partial charge in [0, 0.05) is 26.3 Å². The van der Waals surface area contributed by atoms with Crippen LogP contribution in [0, 0.1) is 21.4 Å². The van der Waals surface area contributed by atoms with Crippen LogP contribution in [-0.4, -0.2) is 36.8 Å². The molecule has 0 unspecified atom stereocenters. The molecule has 0 aromatic heterocycles. The third-order valence-corrected chi connectivity index (χ3v) is 2.82. The minimum absolute atomic E-state index is 0.0782. The summed E-state index contributed by atoms with van der Waals surface area (Å²) in [5, 5.41) is 28.9. The second kappa shape index (κ2) is 8.09. The number of benzene rings is 1. The van der Waals surface area contributed by atoms with Crippen molar-refractivity contribution in [2.75, 3.05) is 31.7 Å². The van der Waals surface area contributed by atoms with Crippen LogP contribution in [0.1, 0.15) is 12.0 Å². The molecule has 1 aromatic rings. The van der Waals surface area contributed by atoms with Gasteiger partial charge in [-0.05, 0) is 11.6 Å². The second-order valence-corrected chi connectivity index (χ2v) is 4.13. The molecule has 1 rings (SSSR count). The Morgan fingerprint density at radius 2 is 2.25 bits per heavy atom. The van der Waals surface area contributed by atoms with E-state index in [9.17, 15) is 10.1 Å². The first-order chi connectivity index (χ1) is 9.63. The van der Waals surface area contributed by atoms with Crippen molar-refractivity contribution in [1.29, 1.82) is 5.26 Å². The molecule has 0 saturated carbocycles. The van der Waals surface area contributed by atoms with E-state index >= 15 is 0 Å². The molecule has 0 aliphatic rings. The standard InChI is InChI=1S/C13H17N3O4/c1-20-8-7-15(6-2-5-14)12-4-3-11(10-17)9-13(12)16(18)19/h3-4,9,17H,2,6-8,10H2,1H3. The lowest BCUT2D eigenvalue weighted by molar-refractivity contribution is -0.384. The molecule has 1 N–H and O–H groups in total. The van der Waals surface area contributed by atoms with Gasteiger partial charge in [-0.3, -0.25) is 10.1 Å². The Bertz CT molecular complexity index is 499. The maximum atomic E-state index is 11.1. The summed E-state index contributed by atoms with van der Waals surface area (Å²) in [4.78, 5) is 12.4. The van der Waals surface area contributed by atoms with Crippen LogP contribution in [0.25, 0.3) is 0 Å². The summed E-state index contributed by atoms with van der Waals surface area (Å²) in [6.07, 6.45) is 0.266. The number of aliphatic hydroxyl groups excluding tert-OH is 1. The predicted molar refractivity (Wildman–Crippen MR) is 73.3 cm³/mol. The molecule has 0 heterocycles. The lowest BCUT2D eigenvalue weighted by Crippen LogP contribution is -2.28. The van der Waals surface area contributed by atoms with Crippen LogP contribution in [0.15, 0.2) is 18.2 Å². The fourth-order valence-electron chi connectivity index (χ4n) is 1.82. The summed E-state index contributed by atoms with van der Waals surface area (Å²) in [6, 6.07) is 6.60. The van der Waals surface area contributed by atoms with Crippen molar-refractivity contribution < 1.29 is 14.8 Å². The fourth-order valence-corrected chi connectivity index (χ4v) is 1.82. The van der Waals surface area contributed by atoms with Gasteiger partial charge in [-0.15, -0.1) is 0 Å². The van der Waals surface area contributed by atoms with Crippen molar-refractivity contribution in [2.24, 2.45) is 0 Å². The molecule has 7 heteroatoms. The van der Waals surface area contributed by atoms with Crippen molar-refractivity contribution in [3.63, 3.8) is 0 Å². The van der Waals surface area contributed by atoms with E-state index in [2.05, 4.69) is 0 Å². The third-order valence-electron chi connectivity index (χ3n) is 2.82. The normalized spacial score (nSPS) is 10.1. The van der Waals surface area contributed by atoms with Crippen molar-refractivity contribution in [3.8, 4) is 6.07 Å². The molecule has 108 valence electrons. The maximum absolute atomic E-state index is 11.1. The Morgan fingerprint density at radius 1 is 1.50 bits per heavy atom. The van der Waals surface area contributed by atoms with E-state index < -0.39 is 4.92 Å². The van der Waals surface area contributed by atoms with Crippen LogP contribution >= 0.6 is 0 Å². The molecule has 1 aromatic carbocycles. The van der Waals surface area contributed by atoms with Crippen LogP contribution in [0.4, 0.5) is 11.4 Å². The maximum Gasteiger partial charge on any atom is 0.292 e. The van der Waals surface area contributed by atoms with E-state index in [1.807, 2.05) is 6.07 Å². The highest BCUT2D eigenvalue weighted by molar-refractivity contribution is 5.64. The highest BCUT2D eigenvalue weighted by Crippen LogP contribution is 2.29. The summed E-state index contributed by atoms with van der Waals surface area (Å²) < 4.78 is 4.98. The lowest BCUT2D eigenvalue weighted by atomic mass is 10.1. The average Bonchev–Trinajstić information content (AvgIpc) is 2.47. The molecule has 0 aliphatic carbocycles. The Labute approximate surface area is 117 Å². The largest absolute Gasteiger partial charge is 0.392 e. The van der Waals surface area contributed by atoms with Gasteiger partial charge >= 0.3 is 0 Å². The molecule has 7 nitrogen and oxygen atoms in total. The first kappa shape index (κ1) is 15.9. The van der Waals surface area contributed by atoms with Gasteiger partial charge in [-0.1, -0.05) is 6.07 Å². The zero-order valence-corrected chi connectivity index (χ0v) is 11.3. The van der Waals surface area contributed by atoms with Crippen LogP contribution in [0.3, 0.4) is 0 Å². The number of nitro benzene ring substituents is 1. The zero-order valence-electron chi connectivity index (χ0n) is 11.3. The average molecular weight is 279 g/mol. The lowest BCUT2D eigenvalue weighted by Gasteiger charge is -2.23. The zero-order chi connectivity index (χ0) is 15.0. The van der Waals surface area contributed by atoms with E-state index in [-0.39, 0.29) is 18.7 Å². The number of aliphatic hydroxyl groups is 1. The van der Waals surface area contributed by atoms with E-state index in [1.165, 1.54) is 6.07 Å². The number of ether oxygens (including phenoxy) is 1. The summed E-state index contributed by atoms with van der Waals surface area (Å²) in [6.45, 7) is 0.998. The second-order valence-electron chi connectivity index (χ2n) is 4.13. The number of hydrogen-bond donors (Lipinski definition) is 1. The Hall–Kier alpha value is -2.17.